The first-order chi connectivity index (χ1) is 7.54. The van der Waals surface area contributed by atoms with Crippen molar-refractivity contribution in [3.63, 3.8) is 0 Å². The average Bonchev–Trinajstić information content (AvgIpc) is 2.27. The van der Waals surface area contributed by atoms with E-state index < -0.39 is 5.97 Å². The molecule has 0 N–H and O–H groups in total. The maximum absolute atomic E-state index is 13.4. The summed E-state index contributed by atoms with van der Waals surface area (Å²) in [6.45, 7) is 4.06. The van der Waals surface area contributed by atoms with Gasteiger partial charge in [0.2, 0.25) is 0 Å². The minimum absolute atomic E-state index is 0.325. The van der Waals surface area contributed by atoms with Crippen molar-refractivity contribution in [3.05, 3.63) is 41.2 Å². The van der Waals surface area contributed by atoms with E-state index in [1.54, 1.807) is 12.1 Å². The van der Waals surface area contributed by atoms with E-state index in [0.717, 1.165) is 5.56 Å². The normalized spacial score (nSPS) is 11.1. The summed E-state index contributed by atoms with van der Waals surface area (Å²) in [7, 11) is 1.29. The molecule has 0 heterocycles. The summed E-state index contributed by atoms with van der Waals surface area (Å²) >= 11 is 0. The highest BCUT2D eigenvalue weighted by Gasteiger charge is 2.04. The Morgan fingerprint density at radius 1 is 1.44 bits per heavy atom. The molecule has 2 nitrogen and oxygen atoms in total. The Labute approximate surface area is 94.7 Å². The zero-order chi connectivity index (χ0) is 12.1. The third kappa shape index (κ3) is 3.19. The van der Waals surface area contributed by atoms with Crippen LogP contribution in [0.2, 0.25) is 0 Å². The van der Waals surface area contributed by atoms with Crippen molar-refractivity contribution < 1.29 is 13.9 Å². The molecule has 0 unspecified atom stereocenters. The minimum Gasteiger partial charge on any atom is -0.466 e. The van der Waals surface area contributed by atoms with Gasteiger partial charge < -0.3 is 4.74 Å². The van der Waals surface area contributed by atoms with Gasteiger partial charge in [-0.15, -0.1) is 0 Å². The minimum atomic E-state index is -0.491. The molecule has 0 aliphatic rings. The van der Waals surface area contributed by atoms with Crippen molar-refractivity contribution in [1.29, 1.82) is 0 Å². The first-order valence-electron chi connectivity index (χ1n) is 5.10. The summed E-state index contributed by atoms with van der Waals surface area (Å²) < 4.78 is 17.8. The van der Waals surface area contributed by atoms with Gasteiger partial charge in [0.15, 0.2) is 0 Å². The molecule has 16 heavy (non-hydrogen) atoms. The smallest absolute Gasteiger partial charge is 0.330 e. The van der Waals surface area contributed by atoms with Crippen LogP contribution in [-0.2, 0) is 9.53 Å². The van der Waals surface area contributed by atoms with E-state index in [2.05, 4.69) is 4.74 Å². The zero-order valence-corrected chi connectivity index (χ0v) is 9.66. The number of carbonyl (C=O) groups excluding carboxylic acids is 1. The van der Waals surface area contributed by atoms with E-state index in [0.29, 0.717) is 11.5 Å². The molecular weight excluding hydrogens is 207 g/mol. The predicted octanol–water partition coefficient (Wildman–Crippen LogP) is 3.14. The van der Waals surface area contributed by atoms with Crippen LogP contribution >= 0.6 is 0 Å². The van der Waals surface area contributed by atoms with E-state index in [-0.39, 0.29) is 5.82 Å². The van der Waals surface area contributed by atoms with Crippen LogP contribution < -0.4 is 0 Å². The lowest BCUT2D eigenvalue weighted by atomic mass is 10.0. The molecule has 0 amide bonds. The maximum Gasteiger partial charge on any atom is 0.330 e. The van der Waals surface area contributed by atoms with Gasteiger partial charge in [0.05, 0.1) is 7.11 Å². The molecule has 1 aromatic carbocycles. The second kappa shape index (κ2) is 5.45. The van der Waals surface area contributed by atoms with Crippen molar-refractivity contribution in [1.82, 2.24) is 0 Å². The van der Waals surface area contributed by atoms with Gasteiger partial charge in [0.25, 0.3) is 0 Å². The average molecular weight is 222 g/mol. The number of rotatable bonds is 3. The predicted molar refractivity (Wildman–Crippen MR) is 61.5 cm³/mol. The summed E-state index contributed by atoms with van der Waals surface area (Å²) in [5.41, 5.74) is 1.43. The third-order valence-corrected chi connectivity index (χ3v) is 2.29. The number of halogens is 1. The van der Waals surface area contributed by atoms with Crippen molar-refractivity contribution in [2.24, 2.45) is 0 Å². The summed E-state index contributed by atoms with van der Waals surface area (Å²) in [6.07, 6.45) is 2.63. The summed E-state index contributed by atoms with van der Waals surface area (Å²) in [4.78, 5) is 10.9. The Kier molecular flexibility index (Phi) is 4.23. The van der Waals surface area contributed by atoms with E-state index >= 15 is 0 Å². The van der Waals surface area contributed by atoms with Crippen LogP contribution in [-0.4, -0.2) is 13.1 Å². The molecule has 0 radical (unpaired) electrons. The molecule has 0 bridgehead atoms. The lowest BCUT2D eigenvalue weighted by Gasteiger charge is -2.06. The molecule has 1 aromatic rings. The quantitative estimate of drug-likeness (QED) is 0.580. The maximum atomic E-state index is 13.4. The largest absolute Gasteiger partial charge is 0.466 e. The first-order valence-corrected chi connectivity index (χ1v) is 5.10. The van der Waals surface area contributed by atoms with E-state index in [1.165, 1.54) is 25.3 Å². The Hall–Kier alpha value is -1.64. The van der Waals surface area contributed by atoms with Gasteiger partial charge in [-0.05, 0) is 29.7 Å². The second-order valence-corrected chi connectivity index (χ2v) is 3.79. The number of esters is 1. The summed E-state index contributed by atoms with van der Waals surface area (Å²) in [6, 6.07) is 4.89. The van der Waals surface area contributed by atoms with E-state index in [4.69, 9.17) is 0 Å². The van der Waals surface area contributed by atoms with Crippen LogP contribution in [0.5, 0.6) is 0 Å². The molecule has 0 spiro atoms. The molecule has 86 valence electrons. The van der Waals surface area contributed by atoms with Gasteiger partial charge in [-0.2, -0.15) is 0 Å². The highest BCUT2D eigenvalue weighted by molar-refractivity contribution is 5.86. The van der Waals surface area contributed by atoms with Gasteiger partial charge in [0, 0.05) is 11.6 Å². The molecule has 0 saturated heterocycles. The SMILES string of the molecule is COC(=O)/C=C/c1cc(C(C)C)ccc1F. The molecule has 0 atom stereocenters. The van der Waals surface area contributed by atoms with Crippen molar-refractivity contribution in [2.75, 3.05) is 7.11 Å². The highest BCUT2D eigenvalue weighted by atomic mass is 19.1. The second-order valence-electron chi connectivity index (χ2n) is 3.79. The van der Waals surface area contributed by atoms with Crippen LogP contribution in [0, 0.1) is 5.82 Å². The fourth-order valence-corrected chi connectivity index (χ4v) is 1.27. The van der Waals surface area contributed by atoms with Gasteiger partial charge in [-0.3, -0.25) is 0 Å². The molecule has 0 aliphatic carbocycles. The Balaban J connectivity index is 2.98. The molecule has 1 rings (SSSR count). The van der Waals surface area contributed by atoms with E-state index in [9.17, 15) is 9.18 Å². The van der Waals surface area contributed by atoms with Crippen LogP contribution in [0.1, 0.15) is 30.9 Å². The number of hydrogen-bond donors (Lipinski definition) is 0. The Bertz CT molecular complexity index is 408. The number of carbonyl (C=O) groups is 1. The fraction of sp³-hybridized carbons (Fsp3) is 0.308. The Morgan fingerprint density at radius 2 is 2.12 bits per heavy atom. The van der Waals surface area contributed by atoms with Gasteiger partial charge in [-0.1, -0.05) is 19.9 Å². The highest BCUT2D eigenvalue weighted by Crippen LogP contribution is 2.19. The van der Waals surface area contributed by atoms with Crippen LogP contribution in [0.3, 0.4) is 0 Å². The molecule has 3 heteroatoms. The number of benzene rings is 1. The Morgan fingerprint density at radius 3 is 2.69 bits per heavy atom. The van der Waals surface area contributed by atoms with Crippen LogP contribution in [0.25, 0.3) is 6.08 Å². The fourth-order valence-electron chi connectivity index (χ4n) is 1.27. The zero-order valence-electron chi connectivity index (χ0n) is 9.66. The lowest BCUT2D eigenvalue weighted by Crippen LogP contribution is -1.95. The molecule has 0 fully saturated rings. The number of methoxy groups -OCH3 is 1. The number of ether oxygens (including phenoxy) is 1. The van der Waals surface area contributed by atoms with Crippen LogP contribution in [0.15, 0.2) is 24.3 Å². The van der Waals surface area contributed by atoms with Gasteiger partial charge >= 0.3 is 5.97 Å². The molecule has 0 saturated carbocycles. The van der Waals surface area contributed by atoms with Gasteiger partial charge in [-0.25, -0.2) is 9.18 Å². The van der Waals surface area contributed by atoms with Crippen LogP contribution in [0.4, 0.5) is 4.39 Å². The summed E-state index contributed by atoms with van der Waals surface area (Å²) in [5, 5.41) is 0. The van der Waals surface area contributed by atoms with Crippen molar-refractivity contribution in [2.45, 2.75) is 19.8 Å². The van der Waals surface area contributed by atoms with Crippen molar-refractivity contribution >= 4 is 12.0 Å². The first kappa shape index (κ1) is 12.4. The van der Waals surface area contributed by atoms with Gasteiger partial charge in [0.1, 0.15) is 5.82 Å². The molecular formula is C13H15FO2. The molecule has 0 aromatic heterocycles. The van der Waals surface area contributed by atoms with Crippen molar-refractivity contribution in [3.8, 4) is 0 Å². The third-order valence-electron chi connectivity index (χ3n) is 2.29. The topological polar surface area (TPSA) is 26.3 Å². The summed E-state index contributed by atoms with van der Waals surface area (Å²) in [5.74, 6) is -0.509. The molecule has 0 aliphatic heterocycles. The van der Waals surface area contributed by atoms with E-state index in [1.807, 2.05) is 13.8 Å². The standard InChI is InChI=1S/C13H15FO2/c1-9(2)10-4-6-12(14)11(8-10)5-7-13(15)16-3/h4-9H,1-3H3/b7-5+. The monoisotopic (exact) mass is 222 g/mol. The number of hydrogen-bond acceptors (Lipinski definition) is 2. The lowest BCUT2D eigenvalue weighted by molar-refractivity contribution is -0.134.